The monoisotopic (exact) mass is 437 g/mol. The van der Waals surface area contributed by atoms with Crippen LogP contribution in [0, 0.1) is 6.92 Å². The van der Waals surface area contributed by atoms with E-state index in [1.165, 1.54) is 0 Å². The van der Waals surface area contributed by atoms with Gasteiger partial charge in [0, 0.05) is 35.8 Å². The number of urea groups is 1. The molecule has 3 rings (SSSR count). The minimum atomic E-state index is -3.78. The Morgan fingerprint density at radius 2 is 2.03 bits per heavy atom. The molecular formula is C19H24ClN5O3S. The summed E-state index contributed by atoms with van der Waals surface area (Å²) in [7, 11) is -1.97. The minimum absolute atomic E-state index is 0.214. The van der Waals surface area contributed by atoms with Crippen LogP contribution >= 0.6 is 11.6 Å². The highest BCUT2D eigenvalue weighted by atomic mass is 35.5. The number of hydrogen-bond donors (Lipinski definition) is 2. The van der Waals surface area contributed by atoms with E-state index in [9.17, 15) is 13.2 Å². The molecule has 0 spiro atoms. The van der Waals surface area contributed by atoms with Crippen LogP contribution in [0.25, 0.3) is 16.7 Å². The third-order valence-corrected chi connectivity index (χ3v) is 6.07. The lowest BCUT2D eigenvalue weighted by Gasteiger charge is -2.11. The molecule has 1 aromatic carbocycles. The molecule has 0 unspecified atom stereocenters. The summed E-state index contributed by atoms with van der Waals surface area (Å²) in [6.07, 6.45) is 2.85. The van der Waals surface area contributed by atoms with Crippen LogP contribution < -0.4 is 10.0 Å². The number of halogens is 1. The maximum absolute atomic E-state index is 12.3. The highest BCUT2D eigenvalue weighted by Gasteiger charge is 2.21. The first kappa shape index (κ1) is 21.2. The summed E-state index contributed by atoms with van der Waals surface area (Å²) >= 11 is 6.16. The fourth-order valence-electron chi connectivity index (χ4n) is 3.27. The summed E-state index contributed by atoms with van der Waals surface area (Å²) in [5, 5.41) is 8.59. The Morgan fingerprint density at radius 1 is 1.28 bits per heavy atom. The Morgan fingerprint density at radius 3 is 2.76 bits per heavy atom. The molecule has 0 saturated carbocycles. The lowest BCUT2D eigenvalue weighted by Crippen LogP contribution is -2.41. The van der Waals surface area contributed by atoms with Gasteiger partial charge in [0.05, 0.1) is 17.0 Å². The molecule has 2 heterocycles. The average Bonchev–Trinajstić information content (AvgIpc) is 3.17. The van der Waals surface area contributed by atoms with Crippen molar-refractivity contribution in [2.45, 2.75) is 26.7 Å². The minimum Gasteiger partial charge on any atom is -0.337 e. The normalized spacial score (nSPS) is 11.7. The number of amides is 2. The molecule has 2 amide bonds. The largest absolute Gasteiger partial charge is 0.337 e. The van der Waals surface area contributed by atoms with E-state index >= 15 is 0 Å². The van der Waals surface area contributed by atoms with Gasteiger partial charge in [0.2, 0.25) is 10.0 Å². The fraction of sp³-hybridized carbons (Fsp3) is 0.368. The van der Waals surface area contributed by atoms with E-state index in [0.717, 1.165) is 34.4 Å². The Balaban J connectivity index is 1.88. The number of aromatic nitrogens is 3. The summed E-state index contributed by atoms with van der Waals surface area (Å²) in [6, 6.07) is 6.88. The van der Waals surface area contributed by atoms with Crippen molar-refractivity contribution in [3.8, 4) is 5.82 Å². The molecule has 0 aliphatic rings. The number of benzene rings is 1. The summed E-state index contributed by atoms with van der Waals surface area (Å²) in [5.74, 6) is 0.539. The van der Waals surface area contributed by atoms with Gasteiger partial charge in [0.25, 0.3) is 0 Å². The van der Waals surface area contributed by atoms with Gasteiger partial charge in [-0.2, -0.15) is 5.10 Å². The highest BCUT2D eigenvalue weighted by Crippen LogP contribution is 2.27. The zero-order valence-electron chi connectivity index (χ0n) is 16.6. The van der Waals surface area contributed by atoms with Crippen LogP contribution in [0.5, 0.6) is 0 Å². The van der Waals surface area contributed by atoms with Gasteiger partial charge in [-0.3, -0.25) is 4.68 Å². The zero-order chi connectivity index (χ0) is 21.2. The van der Waals surface area contributed by atoms with Gasteiger partial charge >= 0.3 is 6.03 Å². The van der Waals surface area contributed by atoms with Gasteiger partial charge in [-0.25, -0.2) is 17.9 Å². The summed E-state index contributed by atoms with van der Waals surface area (Å²) in [6.45, 7) is 4.14. The lowest BCUT2D eigenvalue weighted by atomic mass is 10.2. The first-order valence-corrected chi connectivity index (χ1v) is 11.3. The zero-order valence-corrected chi connectivity index (χ0v) is 18.1. The van der Waals surface area contributed by atoms with E-state index in [4.69, 9.17) is 11.6 Å². The van der Waals surface area contributed by atoms with Crippen LogP contribution in [-0.2, 0) is 23.5 Å². The number of hydrogen-bond acceptors (Lipinski definition) is 4. The SMILES string of the molecule is CCCNC(=O)NS(=O)(=O)CCc1c(C)nn(C)c1-n1ccc2ccc(Cl)cc21. The van der Waals surface area contributed by atoms with Gasteiger partial charge in [0.1, 0.15) is 5.82 Å². The van der Waals surface area contributed by atoms with Crippen molar-refractivity contribution in [1.29, 1.82) is 0 Å². The van der Waals surface area contributed by atoms with E-state index in [1.807, 2.05) is 60.6 Å². The number of nitrogens with one attached hydrogen (secondary N) is 2. The molecule has 0 aliphatic carbocycles. The molecule has 0 bridgehead atoms. The summed E-state index contributed by atoms with van der Waals surface area (Å²) in [5.41, 5.74) is 2.43. The molecule has 0 atom stereocenters. The van der Waals surface area contributed by atoms with Gasteiger partial charge < -0.3 is 9.88 Å². The summed E-state index contributed by atoms with van der Waals surface area (Å²) in [4.78, 5) is 11.7. The van der Waals surface area contributed by atoms with Crippen molar-refractivity contribution in [3.05, 3.63) is 46.7 Å². The van der Waals surface area contributed by atoms with Crippen LogP contribution in [0.15, 0.2) is 30.5 Å². The first-order valence-electron chi connectivity index (χ1n) is 9.29. The van der Waals surface area contributed by atoms with E-state index in [0.29, 0.717) is 11.6 Å². The maximum Gasteiger partial charge on any atom is 0.328 e. The third kappa shape index (κ3) is 4.73. The van der Waals surface area contributed by atoms with Crippen molar-refractivity contribution in [2.24, 2.45) is 7.05 Å². The molecule has 0 aliphatic heterocycles. The van der Waals surface area contributed by atoms with Crippen molar-refractivity contribution >= 4 is 38.6 Å². The maximum atomic E-state index is 12.3. The predicted molar refractivity (Wildman–Crippen MR) is 114 cm³/mol. The highest BCUT2D eigenvalue weighted by molar-refractivity contribution is 7.90. The predicted octanol–water partition coefficient (Wildman–Crippen LogP) is 2.91. The number of nitrogens with zero attached hydrogens (tertiary/aromatic N) is 3. The van der Waals surface area contributed by atoms with Crippen molar-refractivity contribution < 1.29 is 13.2 Å². The second-order valence-corrected chi connectivity index (χ2v) is 9.11. The van der Waals surface area contributed by atoms with Crippen LogP contribution in [0.3, 0.4) is 0 Å². The van der Waals surface area contributed by atoms with Crippen LogP contribution in [0.1, 0.15) is 24.6 Å². The molecule has 0 saturated heterocycles. The molecule has 8 nitrogen and oxygen atoms in total. The van der Waals surface area contributed by atoms with Gasteiger partial charge in [-0.1, -0.05) is 24.6 Å². The Hall–Kier alpha value is -2.52. The molecule has 0 radical (unpaired) electrons. The van der Waals surface area contributed by atoms with Gasteiger partial charge in [-0.15, -0.1) is 0 Å². The molecule has 156 valence electrons. The second-order valence-electron chi connectivity index (χ2n) is 6.83. The summed E-state index contributed by atoms with van der Waals surface area (Å²) < 4.78 is 30.4. The molecule has 10 heteroatoms. The first-order chi connectivity index (χ1) is 13.7. The van der Waals surface area contributed by atoms with Crippen molar-refractivity contribution in [2.75, 3.05) is 12.3 Å². The van der Waals surface area contributed by atoms with E-state index in [-0.39, 0.29) is 12.2 Å². The third-order valence-electron chi connectivity index (χ3n) is 4.60. The van der Waals surface area contributed by atoms with Crippen molar-refractivity contribution in [3.63, 3.8) is 0 Å². The number of carbonyl (C=O) groups excluding carboxylic acids is 1. The number of aryl methyl sites for hydroxylation is 2. The Bertz CT molecular complexity index is 1150. The topological polar surface area (TPSA) is 98.0 Å². The van der Waals surface area contributed by atoms with Crippen LogP contribution in [0.2, 0.25) is 5.02 Å². The van der Waals surface area contributed by atoms with E-state index < -0.39 is 16.1 Å². The van der Waals surface area contributed by atoms with Gasteiger partial charge in [-0.05, 0) is 38.0 Å². The Labute approximate surface area is 174 Å². The molecule has 2 aromatic heterocycles. The van der Waals surface area contributed by atoms with Crippen molar-refractivity contribution in [1.82, 2.24) is 24.4 Å². The molecule has 3 aromatic rings. The smallest absolute Gasteiger partial charge is 0.328 e. The average molecular weight is 438 g/mol. The molecule has 2 N–H and O–H groups in total. The number of carbonyl (C=O) groups is 1. The van der Waals surface area contributed by atoms with Crippen LogP contribution in [-0.4, -0.2) is 41.1 Å². The fourth-order valence-corrected chi connectivity index (χ4v) is 4.37. The van der Waals surface area contributed by atoms with Crippen LogP contribution in [0.4, 0.5) is 4.79 Å². The number of sulfonamides is 1. The Kier molecular flexibility index (Phi) is 6.18. The lowest BCUT2D eigenvalue weighted by molar-refractivity contribution is 0.246. The van der Waals surface area contributed by atoms with E-state index in [1.54, 1.807) is 4.68 Å². The standard InChI is InChI=1S/C19H24ClN5O3S/c1-4-9-21-19(26)23-29(27,28)11-8-16-13(2)22-24(3)18(16)25-10-7-14-5-6-15(20)12-17(14)25/h5-7,10,12H,4,8-9,11H2,1-3H3,(H2,21,23,26). The molecule has 29 heavy (non-hydrogen) atoms. The number of rotatable bonds is 7. The molecule has 0 fully saturated rings. The quantitative estimate of drug-likeness (QED) is 0.593. The van der Waals surface area contributed by atoms with E-state index in [2.05, 4.69) is 10.4 Å². The number of fused-ring (bicyclic) bond motifs is 1. The molecular weight excluding hydrogens is 414 g/mol. The van der Waals surface area contributed by atoms with Gasteiger partial charge in [0.15, 0.2) is 0 Å². The second kappa shape index (κ2) is 8.46.